The molecule has 0 aliphatic rings. The number of para-hydroxylation sites is 1. The van der Waals surface area contributed by atoms with Crippen LogP contribution >= 0.6 is 0 Å². The first-order chi connectivity index (χ1) is 16.1. The van der Waals surface area contributed by atoms with Crippen molar-refractivity contribution < 1.29 is 4.79 Å². The predicted octanol–water partition coefficient (Wildman–Crippen LogP) is 5.19. The Bertz CT molecular complexity index is 1420. The minimum absolute atomic E-state index is 0.204. The number of anilines is 1. The van der Waals surface area contributed by atoms with Crippen molar-refractivity contribution in [1.82, 2.24) is 25.0 Å². The molecule has 0 radical (unpaired) electrons. The Kier molecular flexibility index (Phi) is 5.28. The summed E-state index contributed by atoms with van der Waals surface area (Å²) in [7, 11) is 0. The molecular formula is C26H22N6O. The van der Waals surface area contributed by atoms with Gasteiger partial charge in [0.1, 0.15) is 0 Å². The van der Waals surface area contributed by atoms with Crippen LogP contribution in [0, 0.1) is 13.8 Å². The molecule has 0 fully saturated rings. The zero-order valence-electron chi connectivity index (χ0n) is 18.3. The number of H-pyrrole nitrogens is 1. The number of carbonyl (C=O) groups excluding carboxylic acids is 1. The van der Waals surface area contributed by atoms with Crippen LogP contribution in [-0.4, -0.2) is 30.9 Å². The van der Waals surface area contributed by atoms with E-state index in [2.05, 4.69) is 25.6 Å². The smallest absolute Gasteiger partial charge is 0.255 e. The first kappa shape index (κ1) is 20.4. The van der Waals surface area contributed by atoms with Crippen LogP contribution in [0.4, 0.5) is 5.69 Å². The Morgan fingerprint density at radius 1 is 0.909 bits per heavy atom. The average Bonchev–Trinajstić information content (AvgIpc) is 3.46. The molecule has 0 unspecified atom stereocenters. The molecule has 2 N–H and O–H groups in total. The zero-order valence-corrected chi connectivity index (χ0v) is 18.3. The summed E-state index contributed by atoms with van der Waals surface area (Å²) in [6, 6.07) is 26.7. The third-order valence-corrected chi connectivity index (χ3v) is 5.33. The molecule has 0 bridgehead atoms. The van der Waals surface area contributed by atoms with E-state index >= 15 is 0 Å². The first-order valence-corrected chi connectivity index (χ1v) is 10.6. The standard InChI is InChI=1S/C26H22N6O/c1-17-16-18(2)32(31-17)21-14-12-20(13-15-21)26(33)27-23-11-7-6-10-22(23)25-28-24(29-30-25)19-8-4-3-5-9-19/h3-16H,1-2H3,(H,27,33)(H,28,29,30). The van der Waals surface area contributed by atoms with Gasteiger partial charge in [-0.3, -0.25) is 9.89 Å². The largest absolute Gasteiger partial charge is 0.321 e. The van der Waals surface area contributed by atoms with Crippen LogP contribution in [0.1, 0.15) is 21.7 Å². The molecule has 2 aromatic heterocycles. The summed E-state index contributed by atoms with van der Waals surface area (Å²) in [5.74, 6) is 0.987. The molecule has 0 atom stereocenters. The SMILES string of the molecule is Cc1cc(C)n(-c2ccc(C(=O)Nc3ccccc3-c3nc(-c4ccccc4)n[nH]3)cc2)n1. The normalized spacial score (nSPS) is 10.8. The van der Waals surface area contributed by atoms with E-state index in [1.807, 2.05) is 91.3 Å². The average molecular weight is 435 g/mol. The Labute approximate surface area is 191 Å². The maximum absolute atomic E-state index is 13.0. The van der Waals surface area contributed by atoms with Crippen molar-refractivity contribution in [3.63, 3.8) is 0 Å². The lowest BCUT2D eigenvalue weighted by Gasteiger charge is -2.10. The van der Waals surface area contributed by atoms with E-state index < -0.39 is 0 Å². The summed E-state index contributed by atoms with van der Waals surface area (Å²) in [5, 5.41) is 14.8. The highest BCUT2D eigenvalue weighted by Gasteiger charge is 2.14. The van der Waals surface area contributed by atoms with Gasteiger partial charge >= 0.3 is 0 Å². The number of hydrogen-bond donors (Lipinski definition) is 2. The van der Waals surface area contributed by atoms with Gasteiger partial charge in [-0.15, -0.1) is 0 Å². The number of benzene rings is 3. The summed E-state index contributed by atoms with van der Waals surface area (Å²) < 4.78 is 1.86. The van der Waals surface area contributed by atoms with Crippen LogP contribution in [-0.2, 0) is 0 Å². The van der Waals surface area contributed by atoms with Gasteiger partial charge in [0.2, 0.25) is 0 Å². The van der Waals surface area contributed by atoms with Crippen LogP contribution in [0.25, 0.3) is 28.5 Å². The Balaban J connectivity index is 1.38. The molecule has 2 heterocycles. The van der Waals surface area contributed by atoms with Gasteiger partial charge in [0.05, 0.1) is 17.1 Å². The van der Waals surface area contributed by atoms with Crippen LogP contribution < -0.4 is 5.32 Å². The highest BCUT2D eigenvalue weighted by Crippen LogP contribution is 2.27. The van der Waals surface area contributed by atoms with Crippen LogP contribution in [0.15, 0.2) is 84.9 Å². The Morgan fingerprint density at radius 2 is 1.64 bits per heavy atom. The van der Waals surface area contributed by atoms with E-state index in [-0.39, 0.29) is 5.91 Å². The van der Waals surface area contributed by atoms with Gasteiger partial charge in [0, 0.05) is 22.4 Å². The third kappa shape index (κ3) is 4.16. The fourth-order valence-electron chi connectivity index (χ4n) is 3.74. The van der Waals surface area contributed by atoms with Crippen LogP contribution in [0.3, 0.4) is 0 Å². The van der Waals surface area contributed by atoms with E-state index in [1.54, 1.807) is 12.1 Å². The minimum Gasteiger partial charge on any atom is -0.321 e. The van der Waals surface area contributed by atoms with Crippen molar-refractivity contribution in [1.29, 1.82) is 0 Å². The monoisotopic (exact) mass is 434 g/mol. The molecule has 162 valence electrons. The number of nitrogens with zero attached hydrogens (tertiary/aromatic N) is 4. The number of nitrogens with one attached hydrogen (secondary N) is 2. The molecule has 0 saturated heterocycles. The molecule has 0 aliphatic carbocycles. The molecule has 1 amide bonds. The van der Waals surface area contributed by atoms with Gasteiger partial charge in [-0.25, -0.2) is 9.67 Å². The molecule has 33 heavy (non-hydrogen) atoms. The van der Waals surface area contributed by atoms with E-state index in [0.717, 1.165) is 28.2 Å². The molecular weight excluding hydrogens is 412 g/mol. The lowest BCUT2D eigenvalue weighted by molar-refractivity contribution is 0.102. The molecule has 0 spiro atoms. The van der Waals surface area contributed by atoms with Crippen molar-refractivity contribution in [3.8, 4) is 28.5 Å². The van der Waals surface area contributed by atoms with Gasteiger partial charge in [-0.05, 0) is 56.3 Å². The second kappa shape index (κ2) is 8.55. The van der Waals surface area contributed by atoms with Crippen LogP contribution in [0.5, 0.6) is 0 Å². The lowest BCUT2D eigenvalue weighted by Crippen LogP contribution is -2.13. The third-order valence-electron chi connectivity index (χ3n) is 5.33. The highest BCUT2D eigenvalue weighted by molar-refractivity contribution is 6.06. The fourth-order valence-corrected chi connectivity index (χ4v) is 3.74. The summed E-state index contributed by atoms with van der Waals surface area (Å²) in [5.41, 5.74) is 5.80. The Morgan fingerprint density at radius 3 is 2.36 bits per heavy atom. The number of aromatic amines is 1. The molecule has 0 aliphatic heterocycles. The van der Waals surface area contributed by atoms with Gasteiger partial charge < -0.3 is 5.32 Å². The quantitative estimate of drug-likeness (QED) is 0.398. The summed E-state index contributed by atoms with van der Waals surface area (Å²) in [6.07, 6.45) is 0. The maximum Gasteiger partial charge on any atom is 0.255 e. The highest BCUT2D eigenvalue weighted by atomic mass is 16.1. The van der Waals surface area contributed by atoms with Crippen LogP contribution in [0.2, 0.25) is 0 Å². The topological polar surface area (TPSA) is 88.5 Å². The van der Waals surface area contributed by atoms with Crippen molar-refractivity contribution in [2.45, 2.75) is 13.8 Å². The van der Waals surface area contributed by atoms with Gasteiger partial charge in [-0.1, -0.05) is 42.5 Å². The fraction of sp³-hybridized carbons (Fsp3) is 0.0769. The number of amides is 1. The number of aryl methyl sites for hydroxylation is 2. The first-order valence-electron chi connectivity index (χ1n) is 10.6. The summed E-state index contributed by atoms with van der Waals surface area (Å²) in [6.45, 7) is 3.96. The van der Waals surface area contributed by atoms with Crippen molar-refractivity contribution in [2.75, 3.05) is 5.32 Å². The molecule has 5 rings (SSSR count). The second-order valence-corrected chi connectivity index (χ2v) is 7.76. The van der Waals surface area contributed by atoms with Crippen molar-refractivity contribution >= 4 is 11.6 Å². The number of aromatic nitrogens is 5. The lowest BCUT2D eigenvalue weighted by atomic mass is 10.1. The molecule has 7 heteroatoms. The number of rotatable bonds is 5. The maximum atomic E-state index is 13.0. The van der Waals surface area contributed by atoms with E-state index in [1.165, 1.54) is 0 Å². The van der Waals surface area contributed by atoms with E-state index in [9.17, 15) is 4.79 Å². The minimum atomic E-state index is -0.204. The van der Waals surface area contributed by atoms with Crippen molar-refractivity contribution in [2.24, 2.45) is 0 Å². The Hall–Kier alpha value is -4.52. The molecule has 0 saturated carbocycles. The number of carbonyl (C=O) groups is 1. The number of hydrogen-bond acceptors (Lipinski definition) is 4. The van der Waals surface area contributed by atoms with Gasteiger partial charge in [0.15, 0.2) is 11.6 Å². The molecule has 5 aromatic rings. The van der Waals surface area contributed by atoms with E-state index in [4.69, 9.17) is 0 Å². The van der Waals surface area contributed by atoms with Crippen molar-refractivity contribution in [3.05, 3.63) is 102 Å². The second-order valence-electron chi connectivity index (χ2n) is 7.76. The predicted molar refractivity (Wildman–Crippen MR) is 128 cm³/mol. The molecule has 7 nitrogen and oxygen atoms in total. The molecule has 3 aromatic carbocycles. The zero-order chi connectivity index (χ0) is 22.8. The van der Waals surface area contributed by atoms with Gasteiger partial charge in [-0.2, -0.15) is 10.2 Å². The van der Waals surface area contributed by atoms with Gasteiger partial charge in [0.25, 0.3) is 5.91 Å². The van der Waals surface area contributed by atoms with E-state index in [0.29, 0.717) is 22.9 Å². The summed E-state index contributed by atoms with van der Waals surface area (Å²) >= 11 is 0. The summed E-state index contributed by atoms with van der Waals surface area (Å²) in [4.78, 5) is 17.6.